The molecule has 1 aromatic heterocycles. The Morgan fingerprint density at radius 2 is 1.95 bits per heavy atom. The van der Waals surface area contributed by atoms with Gasteiger partial charge in [-0.25, -0.2) is 4.39 Å². The van der Waals surface area contributed by atoms with Crippen molar-refractivity contribution in [2.75, 3.05) is 57.5 Å². The topological polar surface area (TPSA) is 121 Å². The fraction of sp³-hybridized carbons (Fsp3) is 0.462. The maximum atomic E-state index is 13.9. The molecule has 2 N–H and O–H groups in total. The summed E-state index contributed by atoms with van der Waals surface area (Å²) in [7, 11) is -3.74. The summed E-state index contributed by atoms with van der Waals surface area (Å²) in [5, 5.41) is 2.74. The molecule has 10 nitrogen and oxygen atoms in total. The molecule has 204 valence electrons. The van der Waals surface area contributed by atoms with Gasteiger partial charge in [0.2, 0.25) is 0 Å². The van der Waals surface area contributed by atoms with Crippen molar-refractivity contribution < 1.29 is 31.3 Å². The van der Waals surface area contributed by atoms with Crippen LogP contribution in [-0.2, 0) is 30.3 Å². The first-order chi connectivity index (χ1) is 18.1. The van der Waals surface area contributed by atoms with Gasteiger partial charge in [0.1, 0.15) is 11.9 Å². The number of aromatic amines is 1. The summed E-state index contributed by atoms with van der Waals surface area (Å²) in [6, 6.07) is 4.12. The van der Waals surface area contributed by atoms with Gasteiger partial charge in [-0.3, -0.25) is 18.7 Å². The Morgan fingerprint density at radius 3 is 2.68 bits per heavy atom. The standard InChI is InChI=1S/C26H31FN4O6S/c1-16-23(13-20-19-12-17(27)5-6-21(19)29-25(20)32)28-22-4-3-7-31(26(33)24(16)22)15-18(37-38(2,34)35)14-30-8-10-36-11-9-30/h5-6,12-13,18,28H,3-4,7-11,14-15H2,1-2H3,(H,29,32)/b20-13-. The summed E-state index contributed by atoms with van der Waals surface area (Å²) in [4.78, 5) is 33.3. The zero-order valence-electron chi connectivity index (χ0n) is 21.4. The van der Waals surface area contributed by atoms with Crippen molar-refractivity contribution in [1.29, 1.82) is 0 Å². The van der Waals surface area contributed by atoms with Crippen molar-refractivity contribution in [3.63, 3.8) is 0 Å². The third-order valence-electron chi connectivity index (χ3n) is 7.08. The van der Waals surface area contributed by atoms with Gasteiger partial charge >= 0.3 is 0 Å². The van der Waals surface area contributed by atoms with Crippen molar-refractivity contribution >= 4 is 39.3 Å². The van der Waals surface area contributed by atoms with Crippen molar-refractivity contribution in [3.05, 3.63) is 52.1 Å². The number of ether oxygens (including phenoxy) is 1. The highest BCUT2D eigenvalue weighted by atomic mass is 32.2. The number of carbonyl (C=O) groups is 2. The van der Waals surface area contributed by atoms with Crippen molar-refractivity contribution in [2.24, 2.45) is 0 Å². The summed E-state index contributed by atoms with van der Waals surface area (Å²) >= 11 is 0. The Labute approximate surface area is 220 Å². The highest BCUT2D eigenvalue weighted by Gasteiger charge is 2.32. The summed E-state index contributed by atoms with van der Waals surface area (Å²) in [5.74, 6) is -1.01. The van der Waals surface area contributed by atoms with Crippen LogP contribution in [0.1, 0.15) is 39.3 Å². The number of rotatable bonds is 7. The number of hydrogen-bond acceptors (Lipinski definition) is 7. The molecule has 12 heteroatoms. The van der Waals surface area contributed by atoms with E-state index in [0.717, 1.165) is 11.9 Å². The number of carbonyl (C=O) groups excluding carboxylic acids is 2. The molecule has 1 fully saturated rings. The number of anilines is 1. The van der Waals surface area contributed by atoms with Gasteiger partial charge in [-0.1, -0.05) is 0 Å². The number of aryl methyl sites for hydroxylation is 1. The molecule has 2 aromatic rings. The average molecular weight is 547 g/mol. The molecule has 0 spiro atoms. The van der Waals surface area contributed by atoms with Crippen LogP contribution in [0.15, 0.2) is 18.2 Å². The van der Waals surface area contributed by atoms with Crippen LogP contribution in [0.25, 0.3) is 11.6 Å². The Balaban J connectivity index is 1.41. The first-order valence-corrected chi connectivity index (χ1v) is 14.4. The molecular formula is C26H31FN4O6S. The smallest absolute Gasteiger partial charge is 0.264 e. The minimum absolute atomic E-state index is 0.124. The molecular weight excluding hydrogens is 515 g/mol. The Hall–Kier alpha value is -3.06. The molecule has 1 atom stereocenters. The number of H-pyrrole nitrogens is 1. The van der Waals surface area contributed by atoms with E-state index in [2.05, 4.69) is 15.2 Å². The van der Waals surface area contributed by atoms with Crippen LogP contribution in [0.5, 0.6) is 0 Å². The van der Waals surface area contributed by atoms with E-state index in [9.17, 15) is 22.4 Å². The van der Waals surface area contributed by atoms with Crippen LogP contribution in [0.4, 0.5) is 10.1 Å². The van der Waals surface area contributed by atoms with E-state index in [1.807, 2.05) is 0 Å². The van der Waals surface area contributed by atoms with Gasteiger partial charge in [0, 0.05) is 55.4 Å². The molecule has 2 amide bonds. The summed E-state index contributed by atoms with van der Waals surface area (Å²) in [5.41, 5.74) is 3.87. The second-order valence-electron chi connectivity index (χ2n) is 9.91. The van der Waals surface area contributed by atoms with E-state index in [-0.39, 0.29) is 18.4 Å². The van der Waals surface area contributed by atoms with Crippen LogP contribution in [0, 0.1) is 12.7 Å². The van der Waals surface area contributed by atoms with E-state index in [1.54, 1.807) is 17.9 Å². The maximum absolute atomic E-state index is 13.9. The molecule has 0 aliphatic carbocycles. The number of aromatic nitrogens is 1. The van der Waals surface area contributed by atoms with Crippen molar-refractivity contribution in [2.45, 2.75) is 25.9 Å². The minimum atomic E-state index is -3.74. The average Bonchev–Trinajstić information content (AvgIpc) is 3.27. The van der Waals surface area contributed by atoms with Crippen LogP contribution in [-0.4, -0.2) is 93.3 Å². The molecule has 0 radical (unpaired) electrons. The molecule has 3 aliphatic rings. The van der Waals surface area contributed by atoms with E-state index in [0.29, 0.717) is 85.9 Å². The Bertz CT molecular complexity index is 1400. The van der Waals surface area contributed by atoms with Gasteiger partial charge in [-0.05, 0) is 49.6 Å². The van der Waals surface area contributed by atoms with Crippen LogP contribution in [0.3, 0.4) is 0 Å². The van der Waals surface area contributed by atoms with Gasteiger partial charge in [0.25, 0.3) is 21.9 Å². The second-order valence-corrected chi connectivity index (χ2v) is 11.5. The minimum Gasteiger partial charge on any atom is -0.379 e. The molecule has 1 unspecified atom stereocenters. The van der Waals surface area contributed by atoms with E-state index < -0.39 is 22.0 Å². The van der Waals surface area contributed by atoms with Gasteiger partial charge in [0.05, 0.1) is 30.6 Å². The van der Waals surface area contributed by atoms with Gasteiger partial charge < -0.3 is 19.9 Å². The SMILES string of the molecule is Cc1c(/C=C2\C(=O)Nc3ccc(F)cc32)[nH]c2c1C(=O)N(CC(CN1CCOCC1)OS(C)(=O)=O)CCC2. The predicted octanol–water partition coefficient (Wildman–Crippen LogP) is 2.02. The highest BCUT2D eigenvalue weighted by Crippen LogP contribution is 2.35. The van der Waals surface area contributed by atoms with E-state index in [4.69, 9.17) is 8.92 Å². The Kier molecular flexibility index (Phi) is 7.40. The second kappa shape index (κ2) is 10.6. The zero-order valence-corrected chi connectivity index (χ0v) is 22.2. The lowest BCUT2D eigenvalue weighted by molar-refractivity contribution is -0.110. The third kappa shape index (κ3) is 5.68. The van der Waals surface area contributed by atoms with Crippen LogP contribution in [0.2, 0.25) is 0 Å². The first-order valence-electron chi connectivity index (χ1n) is 12.6. The van der Waals surface area contributed by atoms with Crippen molar-refractivity contribution in [3.8, 4) is 0 Å². The summed E-state index contributed by atoms with van der Waals surface area (Å²) < 4.78 is 48.7. The summed E-state index contributed by atoms with van der Waals surface area (Å²) in [6.07, 6.45) is 3.23. The number of nitrogens with one attached hydrogen (secondary N) is 2. The van der Waals surface area contributed by atoms with Gasteiger partial charge in [0.15, 0.2) is 0 Å². The number of fused-ring (bicyclic) bond motifs is 2. The molecule has 1 saturated heterocycles. The largest absolute Gasteiger partial charge is 0.379 e. The van der Waals surface area contributed by atoms with Crippen LogP contribution >= 0.6 is 0 Å². The molecule has 1 aromatic carbocycles. The third-order valence-corrected chi connectivity index (χ3v) is 7.70. The Morgan fingerprint density at radius 1 is 1.18 bits per heavy atom. The molecule has 3 aliphatic heterocycles. The number of morpholine rings is 1. The lowest BCUT2D eigenvalue weighted by atomic mass is 10.0. The predicted molar refractivity (Wildman–Crippen MR) is 140 cm³/mol. The lowest BCUT2D eigenvalue weighted by Gasteiger charge is -2.32. The van der Waals surface area contributed by atoms with E-state index >= 15 is 0 Å². The zero-order chi connectivity index (χ0) is 27.0. The number of halogens is 1. The highest BCUT2D eigenvalue weighted by molar-refractivity contribution is 7.86. The molecule has 0 bridgehead atoms. The fourth-order valence-electron chi connectivity index (χ4n) is 5.31. The number of nitrogens with zero attached hydrogens (tertiary/aromatic N) is 2. The van der Waals surface area contributed by atoms with Crippen LogP contribution < -0.4 is 5.32 Å². The lowest BCUT2D eigenvalue weighted by Crippen LogP contribution is -2.47. The quantitative estimate of drug-likeness (QED) is 0.403. The van der Waals surface area contributed by atoms with E-state index in [1.165, 1.54) is 18.2 Å². The summed E-state index contributed by atoms with van der Waals surface area (Å²) in [6.45, 7) is 5.20. The van der Waals surface area contributed by atoms with Crippen molar-refractivity contribution in [1.82, 2.24) is 14.8 Å². The maximum Gasteiger partial charge on any atom is 0.264 e. The molecule has 4 heterocycles. The number of hydrogen-bond donors (Lipinski definition) is 2. The van der Waals surface area contributed by atoms with Gasteiger partial charge in [-0.15, -0.1) is 0 Å². The number of amides is 2. The first kappa shape index (κ1) is 26.5. The molecule has 38 heavy (non-hydrogen) atoms. The fourth-order valence-corrected chi connectivity index (χ4v) is 5.93. The normalized spacial score (nSPS) is 20.3. The molecule has 5 rings (SSSR count). The number of benzene rings is 1. The monoisotopic (exact) mass is 546 g/mol. The molecule has 0 saturated carbocycles. The van der Waals surface area contributed by atoms with Gasteiger partial charge in [-0.2, -0.15) is 8.42 Å².